The molecule has 0 aliphatic carbocycles. The maximum atomic E-state index is 4.18. The van der Waals surface area contributed by atoms with Gasteiger partial charge in [-0.3, -0.25) is 4.68 Å². The van der Waals surface area contributed by atoms with Gasteiger partial charge in [-0.1, -0.05) is 23.2 Å². The Kier molecular flexibility index (Phi) is 3.16. The van der Waals surface area contributed by atoms with Crippen LogP contribution in [0.3, 0.4) is 0 Å². The minimum absolute atomic E-state index is 0. The molecule has 0 aliphatic rings. The van der Waals surface area contributed by atoms with Crippen molar-refractivity contribution in [3.05, 3.63) is 36.9 Å². The van der Waals surface area contributed by atoms with Gasteiger partial charge in [0.1, 0.15) is 0 Å². The monoisotopic (exact) mass is 395 g/mol. The van der Waals surface area contributed by atoms with Gasteiger partial charge in [0.25, 0.3) is 0 Å². The van der Waals surface area contributed by atoms with Crippen molar-refractivity contribution >= 4 is 11.0 Å². The third-order valence-corrected chi connectivity index (χ3v) is 2.70. The van der Waals surface area contributed by atoms with E-state index in [1.807, 2.05) is 37.1 Å². The van der Waals surface area contributed by atoms with E-state index >= 15 is 0 Å². The molecule has 0 bridgehead atoms. The quantitative estimate of drug-likeness (QED) is 0.589. The third kappa shape index (κ3) is 2.05. The van der Waals surface area contributed by atoms with E-state index in [0.29, 0.717) is 0 Å². The molecular formula is C12H11N4W-. The number of hydrogen-bond donors (Lipinski definition) is 0. The molecule has 4 nitrogen and oxygen atoms in total. The van der Waals surface area contributed by atoms with Crippen LogP contribution >= 0.6 is 0 Å². The Hall–Kier alpha value is -1.41. The summed E-state index contributed by atoms with van der Waals surface area (Å²) in [6.07, 6.45) is 6.77. The predicted molar refractivity (Wildman–Crippen MR) is 61.8 cm³/mol. The van der Waals surface area contributed by atoms with Gasteiger partial charge in [-0.05, 0) is 12.6 Å². The Bertz CT molecular complexity index is 653. The number of aromatic nitrogens is 4. The first-order valence-electron chi connectivity index (χ1n) is 5.07. The minimum Gasteiger partial charge on any atom is -0.450 e. The normalized spacial score (nSPS) is 10.5. The Morgan fingerprint density at radius 2 is 2.00 bits per heavy atom. The molecule has 2 aromatic heterocycles. The molecule has 0 atom stereocenters. The van der Waals surface area contributed by atoms with Crippen molar-refractivity contribution in [3.63, 3.8) is 0 Å². The first-order chi connectivity index (χ1) is 7.74. The molecule has 0 spiro atoms. The van der Waals surface area contributed by atoms with Crippen LogP contribution in [0.2, 0.25) is 0 Å². The molecule has 0 radical (unpaired) electrons. The number of fused-ring (bicyclic) bond motifs is 1. The van der Waals surface area contributed by atoms with Gasteiger partial charge in [0.2, 0.25) is 0 Å². The summed E-state index contributed by atoms with van der Waals surface area (Å²) in [5.41, 5.74) is 4.32. The van der Waals surface area contributed by atoms with E-state index in [2.05, 4.69) is 28.5 Å². The van der Waals surface area contributed by atoms with Crippen LogP contribution in [0.5, 0.6) is 0 Å². The molecule has 0 unspecified atom stereocenters. The number of hydrogen-bond acceptors (Lipinski definition) is 2. The van der Waals surface area contributed by atoms with Gasteiger partial charge in [-0.25, -0.2) is 0 Å². The topological polar surface area (TPSA) is 35.6 Å². The van der Waals surface area contributed by atoms with Crippen LogP contribution in [0.1, 0.15) is 0 Å². The smallest absolute Gasteiger partial charge is 0.0567 e. The molecule has 0 saturated heterocycles. The molecule has 0 N–H and O–H groups in total. The molecule has 0 fully saturated rings. The standard InChI is InChI=1S/C12H11N4.W/c1-15-8-13-11-4-3-9(5-12(11)15)10-6-14-16(2)7-10;/h3-7H,1-2H3;/q-1;. The van der Waals surface area contributed by atoms with Gasteiger partial charge >= 0.3 is 0 Å². The van der Waals surface area contributed by atoms with Crippen molar-refractivity contribution in [1.29, 1.82) is 0 Å². The van der Waals surface area contributed by atoms with Crippen molar-refractivity contribution in [2.45, 2.75) is 0 Å². The Morgan fingerprint density at radius 3 is 2.71 bits per heavy atom. The van der Waals surface area contributed by atoms with Crippen molar-refractivity contribution in [3.8, 4) is 11.1 Å². The van der Waals surface area contributed by atoms with Crippen molar-refractivity contribution in [2.75, 3.05) is 0 Å². The summed E-state index contributed by atoms with van der Waals surface area (Å²) in [7, 11) is 3.86. The Morgan fingerprint density at radius 1 is 1.18 bits per heavy atom. The molecule has 2 heterocycles. The Balaban J connectivity index is 0.00000108. The fraction of sp³-hybridized carbons (Fsp3) is 0.167. The van der Waals surface area contributed by atoms with E-state index in [4.69, 9.17) is 0 Å². The second-order valence-corrected chi connectivity index (χ2v) is 3.88. The summed E-state index contributed by atoms with van der Waals surface area (Å²) >= 11 is 0. The first-order valence-corrected chi connectivity index (χ1v) is 5.07. The third-order valence-electron chi connectivity index (χ3n) is 2.70. The summed E-state index contributed by atoms with van der Waals surface area (Å²) in [5, 5.41) is 4.17. The second-order valence-electron chi connectivity index (χ2n) is 3.88. The molecule has 0 saturated carbocycles. The van der Waals surface area contributed by atoms with Crippen LogP contribution < -0.4 is 0 Å². The average Bonchev–Trinajstić information content (AvgIpc) is 2.86. The molecule has 5 heteroatoms. The number of rotatable bonds is 1. The molecule has 1 aromatic carbocycles. The summed E-state index contributed by atoms with van der Waals surface area (Å²) in [6, 6.07) is 6.17. The zero-order valence-corrected chi connectivity index (χ0v) is 12.5. The van der Waals surface area contributed by atoms with E-state index < -0.39 is 0 Å². The summed E-state index contributed by atoms with van der Waals surface area (Å²) in [5.74, 6) is 0. The van der Waals surface area contributed by atoms with Crippen LogP contribution in [-0.4, -0.2) is 19.3 Å². The number of nitrogens with zero attached hydrogens (tertiary/aromatic N) is 4. The van der Waals surface area contributed by atoms with Gasteiger partial charge in [-0.15, -0.1) is 6.07 Å². The minimum atomic E-state index is 0. The van der Waals surface area contributed by atoms with Crippen LogP contribution in [0.15, 0.2) is 30.6 Å². The van der Waals surface area contributed by atoms with E-state index in [-0.39, 0.29) is 21.1 Å². The fourth-order valence-electron chi connectivity index (χ4n) is 1.82. The average molecular weight is 395 g/mol. The summed E-state index contributed by atoms with van der Waals surface area (Å²) in [4.78, 5) is 4.18. The van der Waals surface area contributed by atoms with Gasteiger partial charge < -0.3 is 9.55 Å². The molecule has 86 valence electrons. The molecule has 3 rings (SSSR count). The van der Waals surface area contributed by atoms with E-state index in [1.165, 1.54) is 0 Å². The number of aryl methyl sites for hydroxylation is 2. The predicted octanol–water partition coefficient (Wildman–Crippen LogP) is 1.77. The van der Waals surface area contributed by atoms with Crippen LogP contribution in [0, 0.1) is 6.33 Å². The van der Waals surface area contributed by atoms with Crippen LogP contribution in [0.4, 0.5) is 0 Å². The van der Waals surface area contributed by atoms with Crippen molar-refractivity contribution < 1.29 is 21.1 Å². The van der Waals surface area contributed by atoms with E-state index in [0.717, 1.165) is 22.2 Å². The maximum absolute atomic E-state index is 4.18. The Labute approximate surface area is 114 Å². The summed E-state index contributed by atoms with van der Waals surface area (Å²) < 4.78 is 3.70. The maximum Gasteiger partial charge on any atom is 0.0567 e. The molecular weight excluding hydrogens is 384 g/mol. The fourth-order valence-corrected chi connectivity index (χ4v) is 1.82. The van der Waals surface area contributed by atoms with Crippen LogP contribution in [0.25, 0.3) is 22.2 Å². The molecule has 0 amide bonds. The second kappa shape index (κ2) is 4.46. The largest absolute Gasteiger partial charge is 0.450 e. The number of benzene rings is 1. The van der Waals surface area contributed by atoms with Gasteiger partial charge in [0.15, 0.2) is 0 Å². The van der Waals surface area contributed by atoms with E-state index in [1.54, 1.807) is 4.68 Å². The molecule has 17 heavy (non-hydrogen) atoms. The van der Waals surface area contributed by atoms with Crippen LogP contribution in [-0.2, 0) is 35.2 Å². The van der Waals surface area contributed by atoms with Gasteiger partial charge in [0.05, 0.1) is 6.20 Å². The zero-order chi connectivity index (χ0) is 11.1. The molecule has 0 aliphatic heterocycles. The van der Waals surface area contributed by atoms with Gasteiger partial charge in [0, 0.05) is 46.2 Å². The van der Waals surface area contributed by atoms with Crippen molar-refractivity contribution in [1.82, 2.24) is 19.3 Å². The SMILES string of the molecule is Cn1cc(-c2ccc3n[c-]n(C)c3c2)cn1.[W]. The molecule has 3 aromatic rings. The first kappa shape index (κ1) is 12.1. The van der Waals surface area contributed by atoms with Crippen molar-refractivity contribution in [2.24, 2.45) is 14.1 Å². The zero-order valence-electron chi connectivity index (χ0n) is 9.58. The number of imidazole rings is 1. The van der Waals surface area contributed by atoms with Gasteiger partial charge in [-0.2, -0.15) is 5.10 Å². The van der Waals surface area contributed by atoms with E-state index in [9.17, 15) is 0 Å². The summed E-state index contributed by atoms with van der Waals surface area (Å²) in [6.45, 7) is 0.